The predicted octanol–water partition coefficient (Wildman–Crippen LogP) is 0.248. The maximum Gasteiger partial charge on any atom is 0.317 e. The fraction of sp³-hybridized carbons (Fsp3) is 0.846. The normalized spacial score (nSPS) is 15.8. The molecule has 0 bridgehead atoms. The summed E-state index contributed by atoms with van der Waals surface area (Å²) in [5.41, 5.74) is 0. The van der Waals surface area contributed by atoms with Crippen molar-refractivity contribution in [2.24, 2.45) is 0 Å². The zero-order valence-corrected chi connectivity index (χ0v) is 12.2. The standard InChI is InChI=1S/C13H26N4O2/c1-4-14-13(19)17-9-7-16(8-10-17)12(18)5-6-15-11(2)3/h11,15H,4-10H2,1-3H3,(H,14,19). The third kappa shape index (κ3) is 5.46. The van der Waals surface area contributed by atoms with E-state index in [-0.39, 0.29) is 11.9 Å². The zero-order valence-electron chi connectivity index (χ0n) is 12.2. The number of rotatable bonds is 5. The number of nitrogens with one attached hydrogen (secondary N) is 2. The molecule has 0 aromatic carbocycles. The van der Waals surface area contributed by atoms with Crippen molar-refractivity contribution in [3.63, 3.8) is 0 Å². The Labute approximate surface area is 115 Å². The Morgan fingerprint density at radius 1 is 1.11 bits per heavy atom. The second kappa shape index (κ2) is 7.99. The van der Waals surface area contributed by atoms with Crippen LogP contribution >= 0.6 is 0 Å². The van der Waals surface area contributed by atoms with E-state index in [1.54, 1.807) is 4.90 Å². The van der Waals surface area contributed by atoms with Crippen LogP contribution in [0, 0.1) is 0 Å². The van der Waals surface area contributed by atoms with Crippen molar-refractivity contribution in [1.29, 1.82) is 0 Å². The van der Waals surface area contributed by atoms with Crippen LogP contribution in [0.2, 0.25) is 0 Å². The van der Waals surface area contributed by atoms with E-state index in [9.17, 15) is 9.59 Å². The fourth-order valence-corrected chi connectivity index (χ4v) is 2.05. The van der Waals surface area contributed by atoms with Gasteiger partial charge in [-0.25, -0.2) is 4.79 Å². The van der Waals surface area contributed by atoms with Crippen molar-refractivity contribution in [3.05, 3.63) is 0 Å². The molecule has 6 heteroatoms. The van der Waals surface area contributed by atoms with Crippen LogP contribution in [0.25, 0.3) is 0 Å². The summed E-state index contributed by atoms with van der Waals surface area (Å²) in [7, 11) is 0. The molecule has 0 aromatic heterocycles. The van der Waals surface area contributed by atoms with Gasteiger partial charge < -0.3 is 20.4 Å². The summed E-state index contributed by atoms with van der Waals surface area (Å²) in [6, 6.07) is 0.374. The predicted molar refractivity (Wildman–Crippen MR) is 75.0 cm³/mol. The van der Waals surface area contributed by atoms with Gasteiger partial charge in [0.05, 0.1) is 0 Å². The van der Waals surface area contributed by atoms with E-state index in [0.29, 0.717) is 51.7 Å². The van der Waals surface area contributed by atoms with E-state index in [4.69, 9.17) is 0 Å². The zero-order chi connectivity index (χ0) is 14.3. The van der Waals surface area contributed by atoms with E-state index >= 15 is 0 Å². The first-order chi connectivity index (χ1) is 9.04. The lowest BCUT2D eigenvalue weighted by molar-refractivity contribution is -0.132. The molecule has 110 valence electrons. The van der Waals surface area contributed by atoms with Crippen LogP contribution in [-0.2, 0) is 4.79 Å². The maximum absolute atomic E-state index is 11.9. The molecule has 0 saturated carbocycles. The Hall–Kier alpha value is -1.30. The molecular formula is C13H26N4O2. The molecule has 1 aliphatic rings. The van der Waals surface area contributed by atoms with Crippen molar-refractivity contribution < 1.29 is 9.59 Å². The molecule has 19 heavy (non-hydrogen) atoms. The fourth-order valence-electron chi connectivity index (χ4n) is 2.05. The molecule has 0 unspecified atom stereocenters. The highest BCUT2D eigenvalue weighted by Crippen LogP contribution is 2.04. The van der Waals surface area contributed by atoms with Gasteiger partial charge in [0.15, 0.2) is 0 Å². The Kier molecular flexibility index (Phi) is 6.62. The minimum Gasteiger partial charge on any atom is -0.339 e. The molecule has 1 saturated heterocycles. The number of urea groups is 1. The first-order valence-electron chi connectivity index (χ1n) is 7.08. The van der Waals surface area contributed by atoms with E-state index in [1.165, 1.54) is 0 Å². The third-order valence-electron chi connectivity index (χ3n) is 3.14. The molecule has 1 fully saturated rings. The quantitative estimate of drug-likeness (QED) is 0.752. The number of hydrogen-bond donors (Lipinski definition) is 2. The van der Waals surface area contributed by atoms with Gasteiger partial charge in [0.1, 0.15) is 0 Å². The minimum atomic E-state index is -0.0314. The summed E-state index contributed by atoms with van der Waals surface area (Å²) in [5, 5.41) is 6.02. The van der Waals surface area contributed by atoms with Crippen LogP contribution in [0.3, 0.4) is 0 Å². The SMILES string of the molecule is CCNC(=O)N1CCN(C(=O)CCNC(C)C)CC1. The van der Waals surface area contributed by atoms with Crippen LogP contribution in [0.4, 0.5) is 4.79 Å². The van der Waals surface area contributed by atoms with E-state index in [0.717, 1.165) is 0 Å². The second-order valence-corrected chi connectivity index (χ2v) is 5.06. The van der Waals surface area contributed by atoms with Crippen LogP contribution in [0.1, 0.15) is 27.2 Å². The van der Waals surface area contributed by atoms with Crippen LogP contribution in [0.5, 0.6) is 0 Å². The lowest BCUT2D eigenvalue weighted by Gasteiger charge is -2.34. The number of hydrogen-bond acceptors (Lipinski definition) is 3. The molecule has 2 N–H and O–H groups in total. The van der Waals surface area contributed by atoms with Gasteiger partial charge in [-0.1, -0.05) is 13.8 Å². The summed E-state index contributed by atoms with van der Waals surface area (Å²) >= 11 is 0. The van der Waals surface area contributed by atoms with E-state index in [1.807, 2.05) is 11.8 Å². The van der Waals surface area contributed by atoms with Crippen LogP contribution < -0.4 is 10.6 Å². The molecule has 3 amide bonds. The summed E-state index contributed by atoms with van der Waals surface area (Å²) in [6.45, 7) is 9.90. The molecule has 6 nitrogen and oxygen atoms in total. The Morgan fingerprint density at radius 3 is 2.21 bits per heavy atom. The Balaban J connectivity index is 2.25. The highest BCUT2D eigenvalue weighted by Gasteiger charge is 2.23. The lowest BCUT2D eigenvalue weighted by Crippen LogP contribution is -2.53. The van der Waals surface area contributed by atoms with Gasteiger partial charge in [-0.05, 0) is 6.92 Å². The van der Waals surface area contributed by atoms with Gasteiger partial charge in [-0.15, -0.1) is 0 Å². The van der Waals surface area contributed by atoms with Gasteiger partial charge in [0.2, 0.25) is 5.91 Å². The number of piperazine rings is 1. The molecule has 0 spiro atoms. The molecule has 1 rings (SSSR count). The van der Waals surface area contributed by atoms with E-state index < -0.39 is 0 Å². The number of nitrogens with zero attached hydrogens (tertiary/aromatic N) is 2. The Morgan fingerprint density at radius 2 is 1.68 bits per heavy atom. The molecule has 0 aromatic rings. The minimum absolute atomic E-state index is 0.0314. The average molecular weight is 270 g/mol. The molecular weight excluding hydrogens is 244 g/mol. The van der Waals surface area contributed by atoms with Crippen molar-refractivity contribution >= 4 is 11.9 Å². The van der Waals surface area contributed by atoms with Crippen LogP contribution in [0.15, 0.2) is 0 Å². The van der Waals surface area contributed by atoms with Gasteiger partial charge in [-0.3, -0.25) is 4.79 Å². The summed E-state index contributed by atoms with van der Waals surface area (Å²) in [6.07, 6.45) is 0.527. The summed E-state index contributed by atoms with van der Waals surface area (Å²) < 4.78 is 0. The molecule has 0 atom stereocenters. The highest BCUT2D eigenvalue weighted by atomic mass is 16.2. The first kappa shape index (κ1) is 15.8. The number of amides is 3. The van der Waals surface area contributed by atoms with Gasteiger partial charge in [0, 0.05) is 51.7 Å². The highest BCUT2D eigenvalue weighted by molar-refractivity contribution is 5.77. The van der Waals surface area contributed by atoms with Crippen molar-refractivity contribution in [2.75, 3.05) is 39.3 Å². The molecule has 0 aliphatic carbocycles. The van der Waals surface area contributed by atoms with Crippen LogP contribution in [-0.4, -0.2) is 67.0 Å². The monoisotopic (exact) mass is 270 g/mol. The van der Waals surface area contributed by atoms with Crippen molar-refractivity contribution in [2.45, 2.75) is 33.2 Å². The first-order valence-corrected chi connectivity index (χ1v) is 7.08. The van der Waals surface area contributed by atoms with Crippen molar-refractivity contribution in [3.8, 4) is 0 Å². The second-order valence-electron chi connectivity index (χ2n) is 5.06. The number of carbonyl (C=O) groups is 2. The van der Waals surface area contributed by atoms with Gasteiger partial charge in [-0.2, -0.15) is 0 Å². The average Bonchev–Trinajstić information content (AvgIpc) is 2.38. The van der Waals surface area contributed by atoms with E-state index in [2.05, 4.69) is 24.5 Å². The number of carbonyl (C=O) groups excluding carboxylic acids is 2. The van der Waals surface area contributed by atoms with Crippen molar-refractivity contribution in [1.82, 2.24) is 20.4 Å². The largest absolute Gasteiger partial charge is 0.339 e. The Bertz CT molecular complexity index is 299. The van der Waals surface area contributed by atoms with Gasteiger partial charge in [0.25, 0.3) is 0 Å². The van der Waals surface area contributed by atoms with Gasteiger partial charge >= 0.3 is 6.03 Å². The topological polar surface area (TPSA) is 64.7 Å². The lowest BCUT2D eigenvalue weighted by atomic mass is 10.2. The summed E-state index contributed by atoms with van der Waals surface area (Å²) in [4.78, 5) is 27.2. The molecule has 0 radical (unpaired) electrons. The molecule has 1 aliphatic heterocycles. The maximum atomic E-state index is 11.9. The third-order valence-corrected chi connectivity index (χ3v) is 3.14. The smallest absolute Gasteiger partial charge is 0.317 e. The summed E-state index contributed by atoms with van der Waals surface area (Å²) in [5.74, 6) is 0.170. The molecule has 1 heterocycles.